The van der Waals surface area contributed by atoms with Crippen molar-refractivity contribution < 1.29 is 14.7 Å². The van der Waals surface area contributed by atoms with Gasteiger partial charge in [-0.1, -0.05) is 5.16 Å². The lowest BCUT2D eigenvalue weighted by molar-refractivity contribution is 0.102. The molecule has 0 fully saturated rings. The number of amides is 1. The number of ether oxygens (including phenoxy) is 1. The number of amidine groups is 1. The molecule has 0 aliphatic carbocycles. The van der Waals surface area contributed by atoms with Gasteiger partial charge in [0.1, 0.15) is 5.75 Å². The highest BCUT2D eigenvalue weighted by Gasteiger charge is 2.06. The highest BCUT2D eigenvalue weighted by atomic mass is 16.5. The fourth-order valence-electron chi connectivity index (χ4n) is 1.73. The Morgan fingerprint density at radius 2 is 1.67 bits per heavy atom. The zero-order chi connectivity index (χ0) is 15.2. The Morgan fingerprint density at radius 3 is 2.19 bits per heavy atom. The van der Waals surface area contributed by atoms with Crippen molar-refractivity contribution in [3.8, 4) is 5.75 Å². The summed E-state index contributed by atoms with van der Waals surface area (Å²) in [6, 6.07) is 13.5. The van der Waals surface area contributed by atoms with Crippen molar-refractivity contribution in [2.45, 2.75) is 0 Å². The van der Waals surface area contributed by atoms with Crippen LogP contribution in [0.1, 0.15) is 15.9 Å². The lowest BCUT2D eigenvalue weighted by Gasteiger charge is -2.07. The number of benzene rings is 2. The van der Waals surface area contributed by atoms with E-state index in [1.807, 2.05) is 0 Å². The average molecular weight is 285 g/mol. The smallest absolute Gasteiger partial charge is 0.255 e. The number of hydrogen-bond acceptors (Lipinski definition) is 4. The number of methoxy groups -OCH3 is 1. The van der Waals surface area contributed by atoms with Gasteiger partial charge < -0.3 is 21.0 Å². The number of carbonyl (C=O) groups is 1. The maximum atomic E-state index is 12.0. The predicted molar refractivity (Wildman–Crippen MR) is 79.9 cm³/mol. The number of nitrogens with two attached hydrogens (primary N) is 1. The third-order valence-corrected chi connectivity index (χ3v) is 2.90. The van der Waals surface area contributed by atoms with Crippen molar-refractivity contribution in [2.24, 2.45) is 10.9 Å². The maximum absolute atomic E-state index is 12.0. The van der Waals surface area contributed by atoms with E-state index in [2.05, 4.69) is 10.5 Å². The molecule has 2 aromatic carbocycles. The minimum Gasteiger partial charge on any atom is -0.497 e. The number of nitrogens with one attached hydrogen (secondary N) is 1. The molecule has 0 unspecified atom stereocenters. The molecule has 2 aromatic rings. The number of rotatable bonds is 4. The Morgan fingerprint density at radius 1 is 1.10 bits per heavy atom. The molecule has 0 saturated carbocycles. The van der Waals surface area contributed by atoms with Gasteiger partial charge in [-0.05, 0) is 48.5 Å². The zero-order valence-electron chi connectivity index (χ0n) is 11.4. The average Bonchev–Trinajstić information content (AvgIpc) is 2.55. The van der Waals surface area contributed by atoms with Gasteiger partial charge in [-0.2, -0.15) is 0 Å². The molecule has 0 atom stereocenters. The van der Waals surface area contributed by atoms with E-state index >= 15 is 0 Å². The van der Waals surface area contributed by atoms with E-state index in [4.69, 9.17) is 15.7 Å². The van der Waals surface area contributed by atoms with Gasteiger partial charge in [0.25, 0.3) is 5.91 Å². The molecule has 6 nitrogen and oxygen atoms in total. The summed E-state index contributed by atoms with van der Waals surface area (Å²) in [5.41, 5.74) is 7.17. The van der Waals surface area contributed by atoms with Gasteiger partial charge in [-0.3, -0.25) is 4.79 Å². The zero-order valence-corrected chi connectivity index (χ0v) is 11.4. The molecule has 108 valence electrons. The van der Waals surface area contributed by atoms with E-state index in [0.717, 1.165) is 0 Å². The largest absolute Gasteiger partial charge is 0.497 e. The van der Waals surface area contributed by atoms with Crippen LogP contribution < -0.4 is 15.8 Å². The van der Waals surface area contributed by atoms with Crippen LogP contribution in [0.2, 0.25) is 0 Å². The molecule has 0 radical (unpaired) electrons. The topological polar surface area (TPSA) is 96.9 Å². The summed E-state index contributed by atoms with van der Waals surface area (Å²) in [5.74, 6) is 0.479. The quantitative estimate of drug-likeness (QED) is 0.346. The summed E-state index contributed by atoms with van der Waals surface area (Å²) in [6.07, 6.45) is 0. The Bertz CT molecular complexity index is 649. The van der Waals surface area contributed by atoms with Crippen LogP contribution in [0.3, 0.4) is 0 Å². The van der Waals surface area contributed by atoms with Gasteiger partial charge in [0, 0.05) is 16.8 Å². The molecule has 0 saturated heterocycles. The van der Waals surface area contributed by atoms with E-state index in [9.17, 15) is 4.79 Å². The number of carbonyl (C=O) groups excluding carboxylic acids is 1. The first-order chi connectivity index (χ1) is 10.1. The Labute approximate surface area is 121 Å². The molecular formula is C15H15N3O3. The minimum absolute atomic E-state index is 0.0167. The molecule has 0 heterocycles. The molecule has 4 N–H and O–H groups in total. The minimum atomic E-state index is -0.228. The van der Waals surface area contributed by atoms with E-state index in [1.165, 1.54) is 0 Å². The lowest BCUT2D eigenvalue weighted by Crippen LogP contribution is -2.14. The second-order valence-corrected chi connectivity index (χ2v) is 4.25. The molecule has 6 heteroatoms. The second-order valence-electron chi connectivity index (χ2n) is 4.25. The van der Waals surface area contributed by atoms with Gasteiger partial charge in [0.05, 0.1) is 7.11 Å². The molecule has 2 rings (SSSR count). The van der Waals surface area contributed by atoms with Gasteiger partial charge in [0.2, 0.25) is 0 Å². The maximum Gasteiger partial charge on any atom is 0.255 e. The van der Waals surface area contributed by atoms with Gasteiger partial charge >= 0.3 is 0 Å². The van der Waals surface area contributed by atoms with Crippen LogP contribution in [0.5, 0.6) is 5.75 Å². The molecule has 0 aromatic heterocycles. The van der Waals surface area contributed by atoms with E-state index in [0.29, 0.717) is 22.6 Å². The summed E-state index contributed by atoms with van der Waals surface area (Å²) in [7, 11) is 1.57. The third kappa shape index (κ3) is 3.50. The third-order valence-electron chi connectivity index (χ3n) is 2.90. The van der Waals surface area contributed by atoms with Crippen LogP contribution in [0.15, 0.2) is 53.7 Å². The normalized spacial score (nSPS) is 11.0. The predicted octanol–water partition coefficient (Wildman–Crippen LogP) is 2.04. The number of anilines is 1. The highest BCUT2D eigenvalue weighted by Crippen LogP contribution is 2.14. The number of nitrogens with zero attached hydrogens (tertiary/aromatic N) is 1. The highest BCUT2D eigenvalue weighted by molar-refractivity contribution is 6.04. The summed E-state index contributed by atoms with van der Waals surface area (Å²) < 4.78 is 5.04. The van der Waals surface area contributed by atoms with Crippen LogP contribution in [0.25, 0.3) is 0 Å². The van der Waals surface area contributed by atoms with E-state index < -0.39 is 0 Å². The molecule has 1 amide bonds. The molecule has 21 heavy (non-hydrogen) atoms. The molecule has 0 bridgehead atoms. The Kier molecular flexibility index (Phi) is 4.40. The van der Waals surface area contributed by atoms with Crippen LogP contribution in [0.4, 0.5) is 5.69 Å². The summed E-state index contributed by atoms with van der Waals surface area (Å²) in [5, 5.41) is 14.2. The lowest BCUT2D eigenvalue weighted by atomic mass is 10.1. The SMILES string of the molecule is COc1ccc(C(=O)Nc2ccc(/C(N)=N/O)cc2)cc1. The number of hydrogen-bond donors (Lipinski definition) is 3. The van der Waals surface area contributed by atoms with Gasteiger partial charge in [-0.15, -0.1) is 0 Å². The van der Waals surface area contributed by atoms with Crippen molar-refractivity contribution >= 4 is 17.4 Å². The number of oxime groups is 1. The van der Waals surface area contributed by atoms with Crippen molar-refractivity contribution in [1.82, 2.24) is 0 Å². The van der Waals surface area contributed by atoms with Crippen LogP contribution in [-0.4, -0.2) is 24.1 Å². The van der Waals surface area contributed by atoms with E-state index in [1.54, 1.807) is 55.6 Å². The van der Waals surface area contributed by atoms with Crippen molar-refractivity contribution in [2.75, 3.05) is 12.4 Å². The van der Waals surface area contributed by atoms with Gasteiger partial charge in [0.15, 0.2) is 5.84 Å². The summed E-state index contributed by atoms with van der Waals surface area (Å²) in [4.78, 5) is 12.0. The summed E-state index contributed by atoms with van der Waals surface area (Å²) in [6.45, 7) is 0. The first kappa shape index (κ1) is 14.4. The molecular weight excluding hydrogens is 270 g/mol. The van der Waals surface area contributed by atoms with Crippen molar-refractivity contribution in [3.63, 3.8) is 0 Å². The second kappa shape index (κ2) is 6.42. The Balaban J connectivity index is 2.08. The molecule has 0 spiro atoms. The molecule has 0 aliphatic rings. The molecule has 0 aliphatic heterocycles. The van der Waals surface area contributed by atoms with Crippen molar-refractivity contribution in [3.05, 3.63) is 59.7 Å². The standard InChI is InChI=1S/C15H15N3O3/c1-21-13-8-4-11(5-9-13)15(19)17-12-6-2-10(3-7-12)14(16)18-20/h2-9,20H,1H3,(H2,16,18)(H,17,19). The Hall–Kier alpha value is -3.02. The first-order valence-corrected chi connectivity index (χ1v) is 6.17. The monoisotopic (exact) mass is 285 g/mol. The summed E-state index contributed by atoms with van der Waals surface area (Å²) >= 11 is 0. The van der Waals surface area contributed by atoms with Crippen LogP contribution in [0, 0.1) is 0 Å². The van der Waals surface area contributed by atoms with Crippen LogP contribution in [-0.2, 0) is 0 Å². The van der Waals surface area contributed by atoms with Gasteiger partial charge in [-0.25, -0.2) is 0 Å². The van der Waals surface area contributed by atoms with Crippen LogP contribution >= 0.6 is 0 Å². The first-order valence-electron chi connectivity index (χ1n) is 6.17. The van der Waals surface area contributed by atoms with Crippen molar-refractivity contribution in [1.29, 1.82) is 0 Å². The fraction of sp³-hybridized carbons (Fsp3) is 0.0667. The van der Waals surface area contributed by atoms with E-state index in [-0.39, 0.29) is 11.7 Å². The fourth-order valence-corrected chi connectivity index (χ4v) is 1.73.